The molecule has 0 fully saturated rings. The Hall–Kier alpha value is -3.01. The van der Waals surface area contributed by atoms with Gasteiger partial charge in [0.1, 0.15) is 5.02 Å². The number of guanidine groups is 1. The van der Waals surface area contributed by atoms with Crippen LogP contribution in [0.3, 0.4) is 0 Å². The summed E-state index contributed by atoms with van der Waals surface area (Å²) in [6.07, 6.45) is -2.68. The first-order valence-electron chi connectivity index (χ1n) is 6.92. The lowest BCUT2D eigenvalue weighted by molar-refractivity contribution is -0.137. The van der Waals surface area contributed by atoms with Crippen molar-refractivity contribution >= 4 is 23.8 Å². The van der Waals surface area contributed by atoms with Gasteiger partial charge in [-0.05, 0) is 18.2 Å². The molecule has 0 aliphatic carbocycles. The van der Waals surface area contributed by atoms with Gasteiger partial charge in [0.15, 0.2) is 11.5 Å². The molecule has 1 heterocycles. The fraction of sp³-hybridized carbons (Fsp3) is 0.133. The summed E-state index contributed by atoms with van der Waals surface area (Å²) in [6, 6.07) is 5.53. The van der Waals surface area contributed by atoms with Crippen molar-refractivity contribution in [2.24, 2.45) is 21.7 Å². The molecule has 0 amide bonds. The van der Waals surface area contributed by atoms with E-state index >= 15 is 0 Å². The average Bonchev–Trinajstić information content (AvgIpc) is 2.56. The molecule has 1 aromatic carbocycles. The summed E-state index contributed by atoms with van der Waals surface area (Å²) in [5, 5.41) is 6.80. The van der Waals surface area contributed by atoms with Crippen LogP contribution in [-0.4, -0.2) is 24.3 Å². The molecule has 2 rings (SSSR count). The van der Waals surface area contributed by atoms with Crippen LogP contribution in [0.2, 0.25) is 5.02 Å². The minimum absolute atomic E-state index is 0.124. The number of rotatable bonds is 5. The lowest BCUT2D eigenvalue weighted by Crippen LogP contribution is -2.21. The SMILES string of the molecule is COc1cccc(C=NN=C(N)N)c1Oc1ncc(C(F)(F)F)cc1Cl. The monoisotopic (exact) mass is 387 g/mol. The van der Waals surface area contributed by atoms with Crippen LogP contribution < -0.4 is 20.9 Å². The van der Waals surface area contributed by atoms with E-state index in [2.05, 4.69) is 15.2 Å². The van der Waals surface area contributed by atoms with Gasteiger partial charge < -0.3 is 20.9 Å². The average molecular weight is 388 g/mol. The molecule has 11 heteroatoms. The van der Waals surface area contributed by atoms with Gasteiger partial charge in [-0.2, -0.15) is 18.3 Å². The molecule has 2 aromatic rings. The Morgan fingerprint density at radius 3 is 2.62 bits per heavy atom. The zero-order chi connectivity index (χ0) is 19.3. The van der Waals surface area contributed by atoms with Gasteiger partial charge in [-0.25, -0.2) is 4.98 Å². The van der Waals surface area contributed by atoms with Gasteiger partial charge in [-0.15, -0.1) is 5.10 Å². The van der Waals surface area contributed by atoms with Crippen molar-refractivity contribution in [3.05, 3.63) is 46.6 Å². The van der Waals surface area contributed by atoms with E-state index in [1.54, 1.807) is 18.2 Å². The molecule has 0 saturated heterocycles. The molecule has 7 nitrogen and oxygen atoms in total. The van der Waals surface area contributed by atoms with Crippen molar-refractivity contribution in [1.29, 1.82) is 0 Å². The highest BCUT2D eigenvalue weighted by Crippen LogP contribution is 2.38. The van der Waals surface area contributed by atoms with Gasteiger partial charge in [0, 0.05) is 11.8 Å². The summed E-state index contributed by atoms with van der Waals surface area (Å²) in [5.41, 5.74) is 9.75. The maximum absolute atomic E-state index is 12.7. The van der Waals surface area contributed by atoms with Gasteiger partial charge in [-0.1, -0.05) is 17.7 Å². The molecule has 0 atom stereocenters. The van der Waals surface area contributed by atoms with Crippen molar-refractivity contribution in [2.75, 3.05) is 7.11 Å². The number of hydrogen-bond donors (Lipinski definition) is 2. The fourth-order valence-electron chi connectivity index (χ4n) is 1.81. The van der Waals surface area contributed by atoms with E-state index in [9.17, 15) is 13.2 Å². The van der Waals surface area contributed by atoms with E-state index in [0.29, 0.717) is 17.8 Å². The lowest BCUT2D eigenvalue weighted by atomic mass is 10.2. The highest BCUT2D eigenvalue weighted by Gasteiger charge is 2.32. The van der Waals surface area contributed by atoms with Crippen molar-refractivity contribution in [2.45, 2.75) is 6.18 Å². The third-order valence-corrected chi connectivity index (χ3v) is 3.20. The molecular formula is C15H13ClF3N5O2. The van der Waals surface area contributed by atoms with E-state index in [1.165, 1.54) is 13.3 Å². The number of hydrogen-bond acceptors (Lipinski definition) is 5. The topological polar surface area (TPSA) is 108 Å². The van der Waals surface area contributed by atoms with Gasteiger partial charge in [0.25, 0.3) is 0 Å². The molecule has 26 heavy (non-hydrogen) atoms. The van der Waals surface area contributed by atoms with Crippen LogP contribution in [-0.2, 0) is 6.18 Å². The smallest absolute Gasteiger partial charge is 0.417 e. The molecule has 0 spiro atoms. The number of nitrogens with two attached hydrogens (primary N) is 2. The highest BCUT2D eigenvalue weighted by atomic mass is 35.5. The van der Waals surface area contributed by atoms with E-state index < -0.39 is 11.7 Å². The second-order valence-corrected chi connectivity index (χ2v) is 5.17. The van der Waals surface area contributed by atoms with E-state index in [4.69, 9.17) is 32.5 Å². The Labute approximate surface area is 151 Å². The fourth-order valence-corrected chi connectivity index (χ4v) is 2.02. The summed E-state index contributed by atoms with van der Waals surface area (Å²) in [5.74, 6) is -0.0881. The molecule has 0 aliphatic rings. The summed E-state index contributed by atoms with van der Waals surface area (Å²) in [4.78, 5) is 3.62. The minimum atomic E-state index is -4.57. The third-order valence-electron chi connectivity index (χ3n) is 2.93. The molecule has 0 bridgehead atoms. The van der Waals surface area contributed by atoms with Crippen molar-refractivity contribution in [3.8, 4) is 17.4 Å². The molecule has 1 aromatic heterocycles. The Kier molecular flexibility index (Phi) is 5.88. The lowest BCUT2D eigenvalue weighted by Gasteiger charge is -2.14. The maximum Gasteiger partial charge on any atom is 0.417 e. The number of aromatic nitrogens is 1. The Balaban J connectivity index is 2.42. The predicted octanol–water partition coefficient (Wildman–Crippen LogP) is 3.16. The summed E-state index contributed by atoms with van der Waals surface area (Å²) < 4.78 is 48.8. The number of methoxy groups -OCH3 is 1. The standard InChI is InChI=1S/C15H13ClF3N5O2/c1-25-11-4-2-3-8(6-23-24-14(20)21)12(11)26-13-10(16)5-9(7-22-13)15(17,18)19/h2-7H,1H3,(H4,20,21,24). The Bertz CT molecular complexity index is 852. The summed E-state index contributed by atoms with van der Waals surface area (Å²) in [6.45, 7) is 0. The van der Waals surface area contributed by atoms with Crippen LogP contribution in [0.5, 0.6) is 17.4 Å². The second-order valence-electron chi connectivity index (χ2n) is 4.76. The zero-order valence-electron chi connectivity index (χ0n) is 13.3. The van der Waals surface area contributed by atoms with Crippen molar-refractivity contribution < 1.29 is 22.6 Å². The van der Waals surface area contributed by atoms with E-state index in [0.717, 1.165) is 0 Å². The summed E-state index contributed by atoms with van der Waals surface area (Å²) >= 11 is 5.86. The van der Waals surface area contributed by atoms with Crippen LogP contribution in [0.4, 0.5) is 13.2 Å². The van der Waals surface area contributed by atoms with Crippen molar-refractivity contribution in [1.82, 2.24) is 4.98 Å². The van der Waals surface area contributed by atoms with Gasteiger partial charge >= 0.3 is 6.18 Å². The number of pyridine rings is 1. The zero-order valence-corrected chi connectivity index (χ0v) is 14.0. The van der Waals surface area contributed by atoms with Crippen LogP contribution in [0.15, 0.2) is 40.7 Å². The molecule has 0 unspecified atom stereocenters. The number of para-hydroxylation sites is 1. The predicted molar refractivity (Wildman–Crippen MR) is 90.7 cm³/mol. The maximum atomic E-state index is 12.7. The number of benzene rings is 1. The number of nitrogens with zero attached hydrogens (tertiary/aromatic N) is 3. The molecule has 4 N–H and O–H groups in total. The number of ether oxygens (including phenoxy) is 2. The third kappa shape index (κ3) is 4.76. The molecule has 0 radical (unpaired) electrons. The van der Waals surface area contributed by atoms with Crippen LogP contribution in [0, 0.1) is 0 Å². The molecule has 138 valence electrons. The van der Waals surface area contributed by atoms with E-state index in [-0.39, 0.29) is 28.4 Å². The molecule has 0 aliphatic heterocycles. The van der Waals surface area contributed by atoms with Crippen LogP contribution >= 0.6 is 11.6 Å². The molecular weight excluding hydrogens is 375 g/mol. The summed E-state index contributed by atoms with van der Waals surface area (Å²) in [7, 11) is 1.39. The largest absolute Gasteiger partial charge is 0.493 e. The first kappa shape index (κ1) is 19.3. The molecule has 0 saturated carbocycles. The van der Waals surface area contributed by atoms with Crippen molar-refractivity contribution in [3.63, 3.8) is 0 Å². The number of halogens is 4. The first-order valence-corrected chi connectivity index (χ1v) is 7.29. The normalized spacial score (nSPS) is 11.4. The van der Waals surface area contributed by atoms with Gasteiger partial charge in [-0.3, -0.25) is 0 Å². The highest BCUT2D eigenvalue weighted by molar-refractivity contribution is 6.31. The quantitative estimate of drug-likeness (QED) is 0.465. The number of alkyl halides is 3. The first-order chi connectivity index (χ1) is 12.2. The minimum Gasteiger partial charge on any atom is -0.493 e. The van der Waals surface area contributed by atoms with Gasteiger partial charge in [0.2, 0.25) is 11.8 Å². The van der Waals surface area contributed by atoms with Crippen LogP contribution in [0.1, 0.15) is 11.1 Å². The van der Waals surface area contributed by atoms with E-state index in [1.807, 2.05) is 0 Å². The van der Waals surface area contributed by atoms with Gasteiger partial charge in [0.05, 0.1) is 18.9 Å². The Morgan fingerprint density at radius 2 is 2.04 bits per heavy atom. The second kappa shape index (κ2) is 7.91. The van der Waals surface area contributed by atoms with Crippen LogP contribution in [0.25, 0.3) is 0 Å². The Morgan fingerprint density at radius 1 is 1.31 bits per heavy atom.